The number of nitrogens with zero attached hydrogens (tertiary/aromatic N) is 2. The molecule has 1 saturated heterocycles. The fourth-order valence-electron chi connectivity index (χ4n) is 2.13. The van der Waals surface area contributed by atoms with E-state index < -0.39 is 27.9 Å². The molecule has 7 heteroatoms. The minimum atomic E-state index is -0.954. The Hall–Kier alpha value is -2.02. The lowest BCUT2D eigenvalue weighted by molar-refractivity contribution is -0.385. The summed E-state index contributed by atoms with van der Waals surface area (Å²) in [4.78, 5) is 23.6. The summed E-state index contributed by atoms with van der Waals surface area (Å²) in [7, 11) is 0. The molecule has 0 bridgehead atoms. The van der Waals surface area contributed by atoms with E-state index in [4.69, 9.17) is 0 Å². The Morgan fingerprint density at radius 2 is 2.10 bits per heavy atom. The van der Waals surface area contributed by atoms with Gasteiger partial charge >= 0.3 is 0 Å². The van der Waals surface area contributed by atoms with Crippen molar-refractivity contribution in [2.24, 2.45) is 5.92 Å². The van der Waals surface area contributed by atoms with Crippen LogP contribution in [0.3, 0.4) is 0 Å². The fraction of sp³-hybridized carbons (Fsp3) is 0.462. The van der Waals surface area contributed by atoms with Crippen molar-refractivity contribution in [3.05, 3.63) is 39.7 Å². The summed E-state index contributed by atoms with van der Waals surface area (Å²) in [5, 5.41) is 21.0. The first-order valence-electron chi connectivity index (χ1n) is 6.20. The Morgan fingerprint density at radius 3 is 2.60 bits per heavy atom. The second-order valence-corrected chi connectivity index (χ2v) is 5.34. The molecule has 2 rings (SSSR count). The Morgan fingerprint density at radius 1 is 1.50 bits per heavy atom. The minimum Gasteiger partial charge on any atom is -0.386 e. The highest BCUT2D eigenvalue weighted by Crippen LogP contribution is 2.31. The zero-order valence-corrected chi connectivity index (χ0v) is 11.2. The molecule has 108 valence electrons. The molecular weight excluding hydrogens is 267 g/mol. The number of carbonyl (C=O) groups excluding carboxylic acids is 1. The lowest BCUT2D eigenvalue weighted by Gasteiger charge is -2.48. The predicted octanol–water partition coefficient (Wildman–Crippen LogP) is 1.58. The molecule has 0 radical (unpaired) electrons. The van der Waals surface area contributed by atoms with Crippen molar-refractivity contribution in [2.45, 2.75) is 19.4 Å². The van der Waals surface area contributed by atoms with Crippen molar-refractivity contribution in [1.82, 2.24) is 4.90 Å². The van der Waals surface area contributed by atoms with E-state index in [2.05, 4.69) is 0 Å². The van der Waals surface area contributed by atoms with Gasteiger partial charge < -0.3 is 10.0 Å². The Bertz CT molecular complexity index is 567. The summed E-state index contributed by atoms with van der Waals surface area (Å²) in [5.41, 5.74) is -1.68. The van der Waals surface area contributed by atoms with E-state index in [0.717, 1.165) is 18.2 Å². The quantitative estimate of drug-likeness (QED) is 0.674. The SMILES string of the molecule is CC(C)C1(O)CN(C(=O)c2ccc(F)cc2[N+](=O)[O-])C1. The van der Waals surface area contributed by atoms with Crippen LogP contribution in [-0.4, -0.2) is 39.5 Å². The number of halogens is 1. The molecule has 0 spiro atoms. The van der Waals surface area contributed by atoms with Crippen LogP contribution < -0.4 is 0 Å². The van der Waals surface area contributed by atoms with Gasteiger partial charge in [-0.25, -0.2) is 4.39 Å². The zero-order valence-electron chi connectivity index (χ0n) is 11.2. The molecule has 1 N–H and O–H groups in total. The van der Waals surface area contributed by atoms with Crippen molar-refractivity contribution in [3.8, 4) is 0 Å². The van der Waals surface area contributed by atoms with Crippen LogP contribution in [0.25, 0.3) is 0 Å². The van der Waals surface area contributed by atoms with Gasteiger partial charge in [0, 0.05) is 0 Å². The number of likely N-dealkylation sites (tertiary alicyclic amines) is 1. The highest BCUT2D eigenvalue weighted by Gasteiger charge is 2.46. The van der Waals surface area contributed by atoms with E-state index in [-0.39, 0.29) is 24.6 Å². The smallest absolute Gasteiger partial charge is 0.285 e. The number of nitro benzene ring substituents is 1. The van der Waals surface area contributed by atoms with Gasteiger partial charge in [0.25, 0.3) is 11.6 Å². The van der Waals surface area contributed by atoms with Crippen molar-refractivity contribution < 1.29 is 19.2 Å². The Balaban J connectivity index is 2.22. The number of nitro groups is 1. The summed E-state index contributed by atoms with van der Waals surface area (Å²) in [6.45, 7) is 3.92. The molecule has 0 unspecified atom stereocenters. The number of hydrogen-bond acceptors (Lipinski definition) is 4. The molecular formula is C13H15FN2O4. The van der Waals surface area contributed by atoms with Gasteiger partial charge in [0.15, 0.2) is 0 Å². The van der Waals surface area contributed by atoms with Crippen LogP contribution in [0.15, 0.2) is 18.2 Å². The van der Waals surface area contributed by atoms with Crippen LogP contribution in [0.2, 0.25) is 0 Å². The third-order valence-corrected chi connectivity index (χ3v) is 3.68. The highest BCUT2D eigenvalue weighted by atomic mass is 19.1. The highest BCUT2D eigenvalue weighted by molar-refractivity contribution is 5.98. The van der Waals surface area contributed by atoms with Gasteiger partial charge in [0.05, 0.1) is 24.1 Å². The molecule has 1 aliphatic heterocycles. The molecule has 6 nitrogen and oxygen atoms in total. The number of aliphatic hydroxyl groups is 1. The first-order valence-corrected chi connectivity index (χ1v) is 6.20. The van der Waals surface area contributed by atoms with Crippen LogP contribution in [0, 0.1) is 21.8 Å². The maximum absolute atomic E-state index is 13.0. The maximum atomic E-state index is 13.0. The molecule has 0 saturated carbocycles. The summed E-state index contributed by atoms with van der Waals surface area (Å²) in [6.07, 6.45) is 0. The Labute approximate surface area is 115 Å². The van der Waals surface area contributed by atoms with Gasteiger partial charge in [-0.15, -0.1) is 0 Å². The maximum Gasteiger partial charge on any atom is 0.285 e. The number of carbonyl (C=O) groups is 1. The fourth-order valence-corrected chi connectivity index (χ4v) is 2.13. The number of amides is 1. The second kappa shape index (κ2) is 4.82. The minimum absolute atomic E-state index is 0.0187. The molecule has 1 aromatic carbocycles. The van der Waals surface area contributed by atoms with Gasteiger partial charge in [-0.05, 0) is 18.1 Å². The van der Waals surface area contributed by atoms with Gasteiger partial charge in [-0.3, -0.25) is 14.9 Å². The van der Waals surface area contributed by atoms with E-state index >= 15 is 0 Å². The lowest BCUT2D eigenvalue weighted by Crippen LogP contribution is -2.66. The molecule has 1 amide bonds. The van der Waals surface area contributed by atoms with Crippen LogP contribution in [0.5, 0.6) is 0 Å². The molecule has 0 aromatic heterocycles. The first kappa shape index (κ1) is 14.4. The number of hydrogen-bond donors (Lipinski definition) is 1. The average Bonchev–Trinajstić information content (AvgIpc) is 2.33. The van der Waals surface area contributed by atoms with Crippen molar-refractivity contribution in [3.63, 3.8) is 0 Å². The summed E-state index contributed by atoms with van der Waals surface area (Å²) >= 11 is 0. The normalized spacial score (nSPS) is 16.9. The molecule has 1 heterocycles. The number of β-amino-alcohol motifs (C(OH)–C–C–N with tert-alkyl or cyclic N) is 1. The van der Waals surface area contributed by atoms with Gasteiger partial charge in [-0.1, -0.05) is 13.8 Å². The van der Waals surface area contributed by atoms with Crippen molar-refractivity contribution in [1.29, 1.82) is 0 Å². The van der Waals surface area contributed by atoms with Crippen LogP contribution >= 0.6 is 0 Å². The van der Waals surface area contributed by atoms with Gasteiger partial charge in [-0.2, -0.15) is 0 Å². The van der Waals surface area contributed by atoms with Crippen LogP contribution in [0.4, 0.5) is 10.1 Å². The number of rotatable bonds is 3. The molecule has 1 aliphatic rings. The topological polar surface area (TPSA) is 83.7 Å². The van der Waals surface area contributed by atoms with Crippen LogP contribution in [-0.2, 0) is 0 Å². The van der Waals surface area contributed by atoms with Crippen molar-refractivity contribution >= 4 is 11.6 Å². The third kappa shape index (κ3) is 2.36. The summed E-state index contributed by atoms with van der Waals surface area (Å²) in [5.74, 6) is -1.35. The van der Waals surface area contributed by atoms with E-state index in [9.17, 15) is 24.4 Å². The second-order valence-electron chi connectivity index (χ2n) is 5.34. The van der Waals surface area contributed by atoms with E-state index in [1.54, 1.807) is 0 Å². The molecule has 0 atom stereocenters. The molecule has 20 heavy (non-hydrogen) atoms. The van der Waals surface area contributed by atoms with E-state index in [1.807, 2.05) is 13.8 Å². The number of benzene rings is 1. The zero-order chi connectivity index (χ0) is 15.1. The summed E-state index contributed by atoms with van der Waals surface area (Å²) < 4.78 is 13.0. The monoisotopic (exact) mass is 282 g/mol. The van der Waals surface area contributed by atoms with Crippen LogP contribution in [0.1, 0.15) is 24.2 Å². The molecule has 1 fully saturated rings. The van der Waals surface area contributed by atoms with E-state index in [0.29, 0.717) is 0 Å². The summed E-state index contributed by atoms with van der Waals surface area (Å²) in [6, 6.07) is 2.83. The van der Waals surface area contributed by atoms with Gasteiger partial charge in [0.1, 0.15) is 17.0 Å². The Kier molecular flexibility index (Phi) is 3.47. The van der Waals surface area contributed by atoms with E-state index in [1.165, 1.54) is 4.90 Å². The first-order chi connectivity index (χ1) is 9.24. The molecule has 1 aromatic rings. The third-order valence-electron chi connectivity index (χ3n) is 3.68. The average molecular weight is 282 g/mol. The van der Waals surface area contributed by atoms with Gasteiger partial charge in [0.2, 0.25) is 0 Å². The standard InChI is InChI=1S/C13H15FN2O4/c1-8(2)13(18)6-15(7-13)12(17)10-4-3-9(14)5-11(10)16(19)20/h3-5,8,18H,6-7H2,1-2H3. The molecule has 0 aliphatic carbocycles. The van der Waals surface area contributed by atoms with Crippen molar-refractivity contribution in [2.75, 3.05) is 13.1 Å². The lowest BCUT2D eigenvalue weighted by atomic mass is 9.82. The largest absolute Gasteiger partial charge is 0.386 e. The predicted molar refractivity (Wildman–Crippen MR) is 68.7 cm³/mol.